The molecule has 1 aromatic carbocycles. The van der Waals surface area contributed by atoms with Crippen molar-refractivity contribution in [2.75, 3.05) is 18.4 Å². The maximum absolute atomic E-state index is 11.1. The Labute approximate surface area is 175 Å². The van der Waals surface area contributed by atoms with E-state index in [4.69, 9.17) is 5.11 Å². The predicted molar refractivity (Wildman–Crippen MR) is 112 cm³/mol. The van der Waals surface area contributed by atoms with Crippen molar-refractivity contribution in [1.82, 2.24) is 14.9 Å². The molecule has 2 N–H and O–H groups in total. The van der Waals surface area contributed by atoms with Gasteiger partial charge in [-0.05, 0) is 67.3 Å². The molecule has 152 valence electrons. The van der Waals surface area contributed by atoms with Crippen LogP contribution in [0.3, 0.4) is 0 Å². The Morgan fingerprint density at radius 3 is 2.76 bits per heavy atom. The summed E-state index contributed by atoms with van der Waals surface area (Å²) in [7, 11) is 0. The number of nitrogens with one attached hydrogen (secondary N) is 1. The number of benzene rings is 1. The van der Waals surface area contributed by atoms with Gasteiger partial charge in [-0.25, -0.2) is 9.97 Å². The van der Waals surface area contributed by atoms with Crippen LogP contribution in [-0.4, -0.2) is 39.0 Å². The maximum Gasteiger partial charge on any atom is 0.303 e. The Balaban J connectivity index is 1.19. The molecule has 0 amide bonds. The summed E-state index contributed by atoms with van der Waals surface area (Å²) in [6.07, 6.45) is 8.26. The molecule has 6 nitrogen and oxygen atoms in total. The number of carboxylic acid groups (broad SMARTS) is 1. The Morgan fingerprint density at radius 2 is 2.00 bits per heavy atom. The number of rotatable bonds is 4. The van der Waals surface area contributed by atoms with Gasteiger partial charge in [0.1, 0.15) is 5.03 Å². The monoisotopic (exact) mass is 410 g/mol. The minimum atomic E-state index is -0.660. The van der Waals surface area contributed by atoms with E-state index < -0.39 is 5.97 Å². The SMILES string of the molecule is CC1(CC(=O)O)CC2(CCN(Cc3ccc4c(c3)Nc3nccnc3S4)CC2)C1. The molecule has 29 heavy (non-hydrogen) atoms. The van der Waals surface area contributed by atoms with Crippen LogP contribution in [0.1, 0.15) is 44.6 Å². The number of hydrogen-bond donors (Lipinski definition) is 2. The average molecular weight is 411 g/mol. The van der Waals surface area contributed by atoms with E-state index in [9.17, 15) is 4.79 Å². The summed E-state index contributed by atoms with van der Waals surface area (Å²) in [4.78, 5) is 23.6. The molecular formula is C22H26N4O2S. The number of nitrogens with zero attached hydrogens (tertiary/aromatic N) is 3. The third-order valence-corrected chi connectivity index (χ3v) is 7.74. The molecule has 5 rings (SSSR count). The first kappa shape index (κ1) is 18.9. The topological polar surface area (TPSA) is 78.4 Å². The van der Waals surface area contributed by atoms with Crippen LogP contribution >= 0.6 is 11.8 Å². The number of carbonyl (C=O) groups is 1. The summed E-state index contributed by atoms with van der Waals surface area (Å²) in [6, 6.07) is 6.62. The Hall–Kier alpha value is -2.12. The average Bonchev–Trinajstić information content (AvgIpc) is 2.66. The number of anilines is 2. The first-order valence-electron chi connectivity index (χ1n) is 10.3. The van der Waals surface area contributed by atoms with Crippen LogP contribution in [0.4, 0.5) is 11.5 Å². The van der Waals surface area contributed by atoms with E-state index in [1.807, 2.05) is 0 Å². The lowest BCUT2D eigenvalue weighted by molar-refractivity contribution is -0.147. The molecule has 2 aliphatic heterocycles. The minimum absolute atomic E-state index is 0.00895. The van der Waals surface area contributed by atoms with E-state index in [1.165, 1.54) is 23.3 Å². The summed E-state index contributed by atoms with van der Waals surface area (Å²) >= 11 is 1.66. The fraction of sp³-hybridized carbons (Fsp3) is 0.500. The van der Waals surface area contributed by atoms with Gasteiger partial charge in [-0.1, -0.05) is 24.8 Å². The summed E-state index contributed by atoms with van der Waals surface area (Å²) in [5.74, 6) is 0.170. The van der Waals surface area contributed by atoms with Gasteiger partial charge in [-0.2, -0.15) is 0 Å². The molecule has 1 spiro atoms. The second-order valence-electron chi connectivity index (χ2n) is 9.28. The molecule has 2 aromatic rings. The van der Waals surface area contributed by atoms with Crippen LogP contribution in [0.15, 0.2) is 40.5 Å². The highest BCUT2D eigenvalue weighted by Crippen LogP contribution is 2.60. The first-order valence-corrected chi connectivity index (χ1v) is 11.1. The number of piperidine rings is 1. The highest BCUT2D eigenvalue weighted by atomic mass is 32.2. The highest BCUT2D eigenvalue weighted by molar-refractivity contribution is 7.99. The third-order valence-electron chi connectivity index (χ3n) is 6.67. The summed E-state index contributed by atoms with van der Waals surface area (Å²) in [5, 5.41) is 13.5. The zero-order chi connectivity index (χ0) is 20.1. The minimum Gasteiger partial charge on any atom is -0.481 e. The van der Waals surface area contributed by atoms with Crippen molar-refractivity contribution in [2.24, 2.45) is 10.8 Å². The van der Waals surface area contributed by atoms with E-state index in [0.29, 0.717) is 11.8 Å². The van der Waals surface area contributed by atoms with E-state index in [1.54, 1.807) is 24.2 Å². The molecule has 3 aliphatic rings. The second kappa shape index (κ2) is 6.99. The van der Waals surface area contributed by atoms with Crippen molar-refractivity contribution in [1.29, 1.82) is 0 Å². The largest absolute Gasteiger partial charge is 0.481 e. The molecule has 2 fully saturated rings. The molecule has 1 aliphatic carbocycles. The lowest BCUT2D eigenvalue weighted by Crippen LogP contribution is -2.51. The molecule has 0 unspecified atom stereocenters. The standard InChI is InChI=1S/C22H26N4O2S/c1-21(11-18(27)28)13-22(14-21)4-8-26(9-5-22)12-15-2-3-17-16(10-15)25-19-20(29-17)24-7-6-23-19/h2-3,6-7,10H,4-5,8-9,11-14H2,1H3,(H,23,25)(H,27,28). The van der Waals surface area contributed by atoms with E-state index in [-0.39, 0.29) is 5.41 Å². The van der Waals surface area contributed by atoms with Gasteiger partial charge < -0.3 is 10.4 Å². The van der Waals surface area contributed by atoms with Crippen LogP contribution in [-0.2, 0) is 11.3 Å². The first-order chi connectivity index (χ1) is 13.9. The van der Waals surface area contributed by atoms with Crippen LogP contribution in [0.5, 0.6) is 0 Å². The summed E-state index contributed by atoms with van der Waals surface area (Å²) in [6.45, 7) is 5.28. The Bertz CT molecular complexity index is 948. The van der Waals surface area contributed by atoms with Gasteiger partial charge in [-0.15, -0.1) is 0 Å². The van der Waals surface area contributed by atoms with Gasteiger partial charge in [0.15, 0.2) is 5.82 Å². The van der Waals surface area contributed by atoms with Crippen molar-refractivity contribution in [3.05, 3.63) is 36.2 Å². The number of aliphatic carboxylic acids is 1. The summed E-state index contributed by atoms with van der Waals surface area (Å²) in [5.41, 5.74) is 2.81. The smallest absolute Gasteiger partial charge is 0.303 e. The Kier molecular flexibility index (Phi) is 4.55. The van der Waals surface area contributed by atoms with E-state index in [0.717, 1.165) is 49.0 Å². The molecule has 1 saturated heterocycles. The number of hydrogen-bond acceptors (Lipinski definition) is 6. The van der Waals surface area contributed by atoms with Gasteiger partial charge in [-0.3, -0.25) is 9.69 Å². The van der Waals surface area contributed by atoms with E-state index in [2.05, 4.69) is 45.3 Å². The quantitative estimate of drug-likeness (QED) is 0.654. The van der Waals surface area contributed by atoms with Crippen LogP contribution < -0.4 is 5.32 Å². The normalized spacial score (nSPS) is 21.6. The molecule has 1 saturated carbocycles. The van der Waals surface area contributed by atoms with Crippen LogP contribution in [0.25, 0.3) is 0 Å². The van der Waals surface area contributed by atoms with Crippen molar-refractivity contribution in [2.45, 2.75) is 55.5 Å². The molecule has 7 heteroatoms. The molecule has 0 bridgehead atoms. The van der Waals surface area contributed by atoms with Crippen LogP contribution in [0.2, 0.25) is 0 Å². The fourth-order valence-electron chi connectivity index (χ4n) is 5.63. The zero-order valence-electron chi connectivity index (χ0n) is 16.6. The molecular weight excluding hydrogens is 384 g/mol. The van der Waals surface area contributed by atoms with Crippen molar-refractivity contribution in [3.63, 3.8) is 0 Å². The summed E-state index contributed by atoms with van der Waals surface area (Å²) < 4.78 is 0. The van der Waals surface area contributed by atoms with Gasteiger partial charge >= 0.3 is 5.97 Å². The van der Waals surface area contributed by atoms with Gasteiger partial charge in [0.05, 0.1) is 12.1 Å². The number of likely N-dealkylation sites (tertiary alicyclic amines) is 1. The zero-order valence-corrected chi connectivity index (χ0v) is 17.5. The molecule has 3 heterocycles. The molecule has 0 atom stereocenters. The second-order valence-corrected chi connectivity index (χ2v) is 10.3. The number of carboxylic acids is 1. The van der Waals surface area contributed by atoms with E-state index >= 15 is 0 Å². The lowest BCUT2D eigenvalue weighted by Gasteiger charge is -2.57. The third kappa shape index (κ3) is 3.73. The fourth-order valence-corrected chi connectivity index (χ4v) is 6.50. The van der Waals surface area contributed by atoms with Gasteiger partial charge in [0.25, 0.3) is 0 Å². The van der Waals surface area contributed by atoms with Gasteiger partial charge in [0.2, 0.25) is 0 Å². The maximum atomic E-state index is 11.1. The van der Waals surface area contributed by atoms with Crippen molar-refractivity contribution in [3.8, 4) is 0 Å². The predicted octanol–water partition coefficient (Wildman–Crippen LogP) is 4.54. The Morgan fingerprint density at radius 1 is 1.24 bits per heavy atom. The van der Waals surface area contributed by atoms with Gasteiger partial charge in [0, 0.05) is 23.8 Å². The number of aromatic nitrogens is 2. The molecule has 1 aromatic heterocycles. The van der Waals surface area contributed by atoms with Crippen LogP contribution in [0, 0.1) is 10.8 Å². The number of fused-ring (bicyclic) bond motifs is 2. The lowest BCUT2D eigenvalue weighted by atomic mass is 9.49. The van der Waals surface area contributed by atoms with Crippen molar-refractivity contribution >= 4 is 29.2 Å². The van der Waals surface area contributed by atoms with Crippen molar-refractivity contribution < 1.29 is 9.90 Å². The highest BCUT2D eigenvalue weighted by Gasteiger charge is 2.52. The molecule has 0 radical (unpaired) electrons.